The molecule has 45 heavy (non-hydrogen) atoms. The smallest absolute Gasteiger partial charge is 0.119 e. The molecule has 8 aromatic rings. The molecule has 1 heterocycles. The van der Waals surface area contributed by atoms with Crippen molar-refractivity contribution in [3.05, 3.63) is 170 Å². The van der Waals surface area contributed by atoms with Gasteiger partial charge in [-0.15, -0.1) is 0 Å². The quantitative estimate of drug-likeness (QED) is 0.192. The second-order valence-electron chi connectivity index (χ2n) is 11.3. The molecule has 0 radical (unpaired) electrons. The molecule has 0 bridgehead atoms. The topological polar surface area (TPSA) is 14.2 Å². The van der Waals surface area contributed by atoms with Crippen LogP contribution < -0.4 is 4.74 Å². The molecule has 0 aliphatic heterocycles. The lowest BCUT2D eigenvalue weighted by Crippen LogP contribution is -1.94. The number of hydrogen-bond acceptors (Lipinski definition) is 1. The maximum absolute atomic E-state index is 5.63. The fourth-order valence-corrected chi connectivity index (χ4v) is 6.57. The van der Waals surface area contributed by atoms with Crippen LogP contribution in [0.15, 0.2) is 170 Å². The van der Waals surface area contributed by atoms with Crippen molar-refractivity contribution in [3.63, 3.8) is 0 Å². The van der Waals surface area contributed by atoms with E-state index in [1.54, 1.807) is 7.11 Å². The summed E-state index contributed by atoms with van der Waals surface area (Å²) in [6.07, 6.45) is 0. The number of hydrogen-bond donors (Lipinski definition) is 0. The summed E-state index contributed by atoms with van der Waals surface area (Å²) in [5.74, 6) is 0.848. The van der Waals surface area contributed by atoms with Gasteiger partial charge in [0.25, 0.3) is 0 Å². The van der Waals surface area contributed by atoms with Gasteiger partial charge >= 0.3 is 0 Å². The van der Waals surface area contributed by atoms with Gasteiger partial charge < -0.3 is 9.30 Å². The third-order valence-electron chi connectivity index (χ3n) is 8.73. The minimum atomic E-state index is 0.848. The zero-order valence-corrected chi connectivity index (χ0v) is 25.0. The molecular weight excluding hydrogens is 546 g/mol. The molecule has 8 rings (SSSR count). The van der Waals surface area contributed by atoms with E-state index in [-0.39, 0.29) is 0 Å². The predicted molar refractivity (Wildman–Crippen MR) is 189 cm³/mol. The van der Waals surface area contributed by atoms with Crippen LogP contribution in [0.25, 0.3) is 72.0 Å². The fourth-order valence-electron chi connectivity index (χ4n) is 6.57. The fraction of sp³-hybridized carbons (Fsp3) is 0.0233. The third kappa shape index (κ3) is 4.77. The van der Waals surface area contributed by atoms with Crippen LogP contribution in [0.2, 0.25) is 0 Å². The van der Waals surface area contributed by atoms with Crippen molar-refractivity contribution in [3.8, 4) is 55.9 Å². The standard InChI is InChI=1S/C43H31NO/c1-45-35-23-26-38(41(29-35)31-15-7-3-8-16-31)33-22-25-40-39-24-21-32(37-20-12-11-19-36(37)30-13-5-2-6-14-30)27-42(39)44(43(40)28-33)34-17-9-4-10-18-34/h2-29H,1H3. The number of para-hydroxylation sites is 1. The van der Waals surface area contributed by atoms with Crippen molar-refractivity contribution < 1.29 is 4.74 Å². The first-order chi connectivity index (χ1) is 22.3. The van der Waals surface area contributed by atoms with E-state index < -0.39 is 0 Å². The normalized spacial score (nSPS) is 11.2. The summed E-state index contributed by atoms with van der Waals surface area (Å²) in [6.45, 7) is 0. The molecule has 0 fully saturated rings. The zero-order chi connectivity index (χ0) is 30.2. The second-order valence-corrected chi connectivity index (χ2v) is 11.3. The SMILES string of the molecule is COc1ccc(-c2ccc3c4ccc(-c5ccccc5-c5ccccc5)cc4n(-c4ccccc4)c3c2)c(-c2ccccc2)c1. The van der Waals surface area contributed by atoms with Crippen molar-refractivity contribution >= 4 is 21.8 Å². The van der Waals surface area contributed by atoms with Crippen LogP contribution in [-0.2, 0) is 0 Å². The van der Waals surface area contributed by atoms with E-state index in [1.807, 2.05) is 0 Å². The van der Waals surface area contributed by atoms with Crippen molar-refractivity contribution in [2.45, 2.75) is 0 Å². The molecule has 0 spiro atoms. The predicted octanol–water partition coefficient (Wildman–Crippen LogP) is 11.5. The third-order valence-corrected chi connectivity index (χ3v) is 8.73. The average Bonchev–Trinajstić information content (AvgIpc) is 3.45. The van der Waals surface area contributed by atoms with Crippen LogP contribution in [0.5, 0.6) is 5.75 Å². The number of aromatic nitrogens is 1. The zero-order valence-electron chi connectivity index (χ0n) is 25.0. The minimum absolute atomic E-state index is 0.848. The molecule has 0 atom stereocenters. The van der Waals surface area contributed by atoms with E-state index >= 15 is 0 Å². The van der Waals surface area contributed by atoms with Crippen molar-refractivity contribution in [1.82, 2.24) is 4.57 Å². The highest BCUT2D eigenvalue weighted by atomic mass is 16.5. The Hall–Kier alpha value is -5.86. The van der Waals surface area contributed by atoms with E-state index in [9.17, 15) is 0 Å². The van der Waals surface area contributed by atoms with E-state index in [2.05, 4.69) is 174 Å². The molecule has 0 saturated heterocycles. The Bertz CT molecular complexity index is 2280. The molecule has 0 N–H and O–H groups in total. The first-order valence-electron chi connectivity index (χ1n) is 15.3. The monoisotopic (exact) mass is 577 g/mol. The van der Waals surface area contributed by atoms with Crippen molar-refractivity contribution in [2.24, 2.45) is 0 Å². The Kier molecular flexibility index (Phi) is 6.73. The number of fused-ring (bicyclic) bond motifs is 3. The van der Waals surface area contributed by atoms with Gasteiger partial charge in [0.15, 0.2) is 0 Å². The molecule has 0 saturated carbocycles. The summed E-state index contributed by atoms with van der Waals surface area (Å²) in [5, 5.41) is 2.47. The van der Waals surface area contributed by atoms with Crippen LogP contribution in [0.4, 0.5) is 0 Å². The van der Waals surface area contributed by atoms with Crippen LogP contribution in [0.1, 0.15) is 0 Å². The number of rotatable bonds is 6. The van der Waals surface area contributed by atoms with Crippen molar-refractivity contribution in [2.75, 3.05) is 7.11 Å². The lowest BCUT2D eigenvalue weighted by molar-refractivity contribution is 0.415. The average molecular weight is 578 g/mol. The van der Waals surface area contributed by atoms with E-state index in [4.69, 9.17) is 4.74 Å². The molecule has 0 amide bonds. The summed E-state index contributed by atoms with van der Waals surface area (Å²) in [4.78, 5) is 0. The summed E-state index contributed by atoms with van der Waals surface area (Å²) in [5.41, 5.74) is 13.0. The molecule has 0 unspecified atom stereocenters. The Morgan fingerprint density at radius 1 is 0.378 bits per heavy atom. The van der Waals surface area contributed by atoms with E-state index in [0.717, 1.165) is 22.6 Å². The van der Waals surface area contributed by atoms with Gasteiger partial charge in [-0.3, -0.25) is 0 Å². The summed E-state index contributed by atoms with van der Waals surface area (Å²) < 4.78 is 8.05. The highest BCUT2D eigenvalue weighted by Crippen LogP contribution is 2.41. The molecule has 214 valence electrons. The van der Waals surface area contributed by atoms with Gasteiger partial charge in [0.05, 0.1) is 18.1 Å². The Morgan fingerprint density at radius 2 is 0.844 bits per heavy atom. The van der Waals surface area contributed by atoms with E-state index in [1.165, 1.54) is 55.2 Å². The van der Waals surface area contributed by atoms with Gasteiger partial charge in [-0.25, -0.2) is 0 Å². The Balaban J connectivity index is 1.37. The lowest BCUT2D eigenvalue weighted by atomic mass is 9.93. The first-order valence-corrected chi connectivity index (χ1v) is 15.3. The van der Waals surface area contributed by atoms with E-state index in [0.29, 0.717) is 0 Å². The number of benzene rings is 7. The highest BCUT2D eigenvalue weighted by molar-refractivity contribution is 6.11. The van der Waals surface area contributed by atoms with Crippen LogP contribution in [-0.4, -0.2) is 11.7 Å². The van der Waals surface area contributed by atoms with Crippen LogP contribution in [0, 0.1) is 0 Å². The maximum atomic E-state index is 5.63. The largest absolute Gasteiger partial charge is 0.497 e. The number of ether oxygens (including phenoxy) is 1. The molecular formula is C43H31NO. The van der Waals surface area contributed by atoms with Gasteiger partial charge in [0.2, 0.25) is 0 Å². The van der Waals surface area contributed by atoms with Gasteiger partial charge in [0, 0.05) is 16.5 Å². The molecule has 7 aromatic carbocycles. The van der Waals surface area contributed by atoms with Gasteiger partial charge in [0.1, 0.15) is 5.75 Å². The molecule has 1 aromatic heterocycles. The highest BCUT2D eigenvalue weighted by Gasteiger charge is 2.17. The Labute approximate surface area is 263 Å². The summed E-state index contributed by atoms with van der Waals surface area (Å²) >= 11 is 0. The maximum Gasteiger partial charge on any atom is 0.119 e. The molecule has 2 heteroatoms. The number of nitrogens with zero attached hydrogens (tertiary/aromatic N) is 1. The lowest BCUT2D eigenvalue weighted by Gasteiger charge is -2.14. The second kappa shape index (κ2) is 11.3. The van der Waals surface area contributed by atoms with Crippen LogP contribution >= 0.6 is 0 Å². The minimum Gasteiger partial charge on any atom is -0.497 e. The number of methoxy groups -OCH3 is 1. The molecule has 0 aliphatic rings. The molecule has 2 nitrogen and oxygen atoms in total. The van der Waals surface area contributed by atoms with Gasteiger partial charge in [-0.2, -0.15) is 0 Å². The van der Waals surface area contributed by atoms with Crippen molar-refractivity contribution in [1.29, 1.82) is 0 Å². The summed E-state index contributed by atoms with van der Waals surface area (Å²) in [7, 11) is 1.72. The first kappa shape index (κ1) is 26.7. The van der Waals surface area contributed by atoms with Gasteiger partial charge in [-0.1, -0.05) is 133 Å². The van der Waals surface area contributed by atoms with Crippen LogP contribution in [0.3, 0.4) is 0 Å². The Morgan fingerprint density at radius 3 is 1.40 bits per heavy atom. The van der Waals surface area contributed by atoms with Gasteiger partial charge in [-0.05, 0) is 80.9 Å². The molecule has 0 aliphatic carbocycles. The summed E-state index contributed by atoms with van der Waals surface area (Å²) in [6, 6.07) is 60.7.